The van der Waals surface area contributed by atoms with Crippen LogP contribution in [0.15, 0.2) is 42.7 Å². The Morgan fingerprint density at radius 3 is 2.68 bits per heavy atom. The Kier molecular flexibility index (Phi) is 3.61. The van der Waals surface area contributed by atoms with Crippen LogP contribution in [0.25, 0.3) is 5.65 Å². The summed E-state index contributed by atoms with van der Waals surface area (Å²) in [4.78, 5) is 31.9. The second-order valence-electron chi connectivity index (χ2n) is 7.36. The van der Waals surface area contributed by atoms with Crippen molar-refractivity contribution in [3.05, 3.63) is 54.0 Å². The number of anilines is 2. The van der Waals surface area contributed by atoms with Crippen LogP contribution in [0.2, 0.25) is 0 Å². The average Bonchev–Trinajstić information content (AvgIpc) is 3.19. The Morgan fingerprint density at radius 2 is 1.89 bits per heavy atom. The van der Waals surface area contributed by atoms with Crippen LogP contribution in [0, 0.1) is 6.92 Å². The number of aryl methyl sites for hydroxylation is 1. The standard InChI is InChI=1S/C20H20N6O2/c1-13-14(12-21-17-6-9-22-26(13)17)18(27)25-10-7-20(8-11-25)19(28)23-15-4-2-3-5-16(15)24-20/h2-6,9,12,24H,7-8,10-11H2,1H3,(H,23,28). The lowest BCUT2D eigenvalue weighted by Gasteiger charge is -2.44. The Hall–Kier alpha value is -3.42. The van der Waals surface area contributed by atoms with E-state index < -0.39 is 5.54 Å². The highest BCUT2D eigenvalue weighted by Crippen LogP contribution is 2.36. The molecule has 0 atom stereocenters. The molecule has 1 saturated heterocycles. The molecule has 0 bridgehead atoms. The van der Waals surface area contributed by atoms with E-state index in [1.807, 2.05) is 31.2 Å². The molecule has 2 aromatic heterocycles. The van der Waals surface area contributed by atoms with Gasteiger partial charge in [-0.15, -0.1) is 0 Å². The number of piperidine rings is 1. The first-order valence-electron chi connectivity index (χ1n) is 9.35. The number of nitrogens with zero attached hydrogens (tertiary/aromatic N) is 4. The summed E-state index contributed by atoms with van der Waals surface area (Å²) in [6.45, 7) is 2.86. The van der Waals surface area contributed by atoms with Crippen LogP contribution < -0.4 is 10.6 Å². The van der Waals surface area contributed by atoms with Gasteiger partial charge in [0, 0.05) is 25.4 Å². The minimum Gasteiger partial charge on any atom is -0.369 e. The van der Waals surface area contributed by atoms with Gasteiger partial charge in [0.1, 0.15) is 5.54 Å². The third-order valence-corrected chi connectivity index (χ3v) is 5.77. The molecular formula is C20H20N6O2. The van der Waals surface area contributed by atoms with Crippen molar-refractivity contribution in [1.82, 2.24) is 19.5 Å². The zero-order valence-electron chi connectivity index (χ0n) is 15.5. The molecule has 8 heteroatoms. The third kappa shape index (κ3) is 2.45. The molecule has 2 aliphatic rings. The molecule has 0 unspecified atom stereocenters. The van der Waals surface area contributed by atoms with E-state index in [1.165, 1.54) is 0 Å². The number of hydrogen-bond acceptors (Lipinski definition) is 5. The first kappa shape index (κ1) is 16.7. The molecule has 2 aliphatic heterocycles. The molecular weight excluding hydrogens is 356 g/mol. The van der Waals surface area contributed by atoms with Gasteiger partial charge in [-0.1, -0.05) is 12.1 Å². The monoisotopic (exact) mass is 376 g/mol. The molecule has 5 rings (SSSR count). The first-order chi connectivity index (χ1) is 13.6. The van der Waals surface area contributed by atoms with Gasteiger partial charge in [-0.3, -0.25) is 9.59 Å². The van der Waals surface area contributed by atoms with Gasteiger partial charge in [-0.2, -0.15) is 5.10 Å². The molecule has 0 aliphatic carbocycles. The van der Waals surface area contributed by atoms with E-state index in [1.54, 1.807) is 27.9 Å². The molecule has 1 spiro atoms. The molecule has 4 heterocycles. The van der Waals surface area contributed by atoms with Gasteiger partial charge in [-0.25, -0.2) is 9.50 Å². The van der Waals surface area contributed by atoms with Crippen LogP contribution in [0.3, 0.4) is 0 Å². The number of benzene rings is 1. The van der Waals surface area contributed by atoms with Crippen LogP contribution in [0.5, 0.6) is 0 Å². The summed E-state index contributed by atoms with van der Waals surface area (Å²) in [6, 6.07) is 9.48. The Balaban J connectivity index is 1.36. The summed E-state index contributed by atoms with van der Waals surface area (Å²) in [5.74, 6) is -0.108. The van der Waals surface area contributed by atoms with Gasteiger partial charge >= 0.3 is 0 Å². The van der Waals surface area contributed by atoms with Gasteiger partial charge in [0.15, 0.2) is 5.65 Å². The minimum atomic E-state index is -0.676. The number of likely N-dealkylation sites (tertiary alicyclic amines) is 1. The Morgan fingerprint density at radius 1 is 1.14 bits per heavy atom. The minimum absolute atomic E-state index is 0.0332. The number of amides is 2. The second-order valence-corrected chi connectivity index (χ2v) is 7.36. The van der Waals surface area contributed by atoms with Crippen molar-refractivity contribution in [2.24, 2.45) is 0 Å². The predicted octanol–water partition coefficient (Wildman–Crippen LogP) is 2.08. The largest absolute Gasteiger partial charge is 0.369 e. The maximum absolute atomic E-state index is 13.1. The van der Waals surface area contributed by atoms with Crippen molar-refractivity contribution in [2.75, 3.05) is 23.7 Å². The van der Waals surface area contributed by atoms with Crippen LogP contribution in [-0.2, 0) is 4.79 Å². The molecule has 1 fully saturated rings. The van der Waals surface area contributed by atoms with Crippen molar-refractivity contribution in [2.45, 2.75) is 25.3 Å². The van der Waals surface area contributed by atoms with Crippen molar-refractivity contribution in [1.29, 1.82) is 0 Å². The molecule has 142 valence electrons. The molecule has 0 saturated carbocycles. The topological polar surface area (TPSA) is 91.6 Å². The fourth-order valence-electron chi connectivity index (χ4n) is 4.07. The lowest BCUT2D eigenvalue weighted by molar-refractivity contribution is -0.122. The number of carbonyl (C=O) groups excluding carboxylic acids is 2. The number of hydrogen-bond donors (Lipinski definition) is 2. The molecule has 28 heavy (non-hydrogen) atoms. The fraction of sp³-hybridized carbons (Fsp3) is 0.300. The van der Waals surface area contributed by atoms with Gasteiger partial charge in [0.05, 0.1) is 28.8 Å². The number of rotatable bonds is 1. The second kappa shape index (κ2) is 6.05. The van der Waals surface area contributed by atoms with Crippen LogP contribution in [-0.4, -0.2) is 49.9 Å². The summed E-state index contributed by atoms with van der Waals surface area (Å²) in [5.41, 5.74) is 3.07. The molecule has 8 nitrogen and oxygen atoms in total. The number of fused-ring (bicyclic) bond motifs is 2. The first-order valence-corrected chi connectivity index (χ1v) is 9.35. The fourth-order valence-corrected chi connectivity index (χ4v) is 4.07. The Labute approximate surface area is 161 Å². The van der Waals surface area contributed by atoms with Gasteiger partial charge in [-0.05, 0) is 31.9 Å². The summed E-state index contributed by atoms with van der Waals surface area (Å²) < 4.78 is 1.67. The number of carbonyl (C=O) groups is 2. The maximum atomic E-state index is 13.1. The lowest BCUT2D eigenvalue weighted by Crippen LogP contribution is -2.59. The van der Waals surface area contributed by atoms with Crippen LogP contribution in [0.4, 0.5) is 11.4 Å². The molecule has 0 radical (unpaired) electrons. The summed E-state index contributed by atoms with van der Waals surface area (Å²) in [5, 5.41) is 10.6. The molecule has 2 N–H and O–H groups in total. The van der Waals surface area contributed by atoms with Crippen molar-refractivity contribution >= 4 is 28.8 Å². The Bertz CT molecular complexity index is 1100. The molecule has 2 amide bonds. The van der Waals surface area contributed by atoms with E-state index in [9.17, 15) is 9.59 Å². The van der Waals surface area contributed by atoms with Crippen molar-refractivity contribution in [3.63, 3.8) is 0 Å². The smallest absolute Gasteiger partial charge is 0.257 e. The summed E-state index contributed by atoms with van der Waals surface area (Å²) in [7, 11) is 0. The normalized spacial score (nSPS) is 17.9. The van der Waals surface area contributed by atoms with Gasteiger partial charge in [0.25, 0.3) is 5.91 Å². The van der Waals surface area contributed by atoms with Crippen molar-refractivity contribution in [3.8, 4) is 0 Å². The van der Waals surface area contributed by atoms with E-state index in [0.29, 0.717) is 37.1 Å². The summed E-state index contributed by atoms with van der Waals surface area (Å²) in [6.07, 6.45) is 4.38. The zero-order valence-corrected chi connectivity index (χ0v) is 15.5. The third-order valence-electron chi connectivity index (χ3n) is 5.77. The SMILES string of the molecule is Cc1c(C(=O)N2CCC3(CC2)Nc2ccccc2NC3=O)cnc2ccnn12. The zero-order chi connectivity index (χ0) is 19.3. The number of para-hydroxylation sites is 2. The van der Waals surface area contributed by atoms with Crippen molar-refractivity contribution < 1.29 is 9.59 Å². The van der Waals surface area contributed by atoms with E-state index in [4.69, 9.17) is 0 Å². The van der Waals surface area contributed by atoms with E-state index in [0.717, 1.165) is 17.1 Å². The number of nitrogens with one attached hydrogen (secondary N) is 2. The summed E-state index contributed by atoms with van der Waals surface area (Å²) >= 11 is 0. The number of aromatic nitrogens is 3. The molecule has 3 aromatic rings. The van der Waals surface area contributed by atoms with Gasteiger partial charge in [0.2, 0.25) is 5.91 Å². The lowest BCUT2D eigenvalue weighted by atomic mass is 9.84. The quantitative estimate of drug-likeness (QED) is 0.678. The highest BCUT2D eigenvalue weighted by molar-refractivity contribution is 6.06. The predicted molar refractivity (Wildman–Crippen MR) is 104 cm³/mol. The van der Waals surface area contributed by atoms with E-state index >= 15 is 0 Å². The maximum Gasteiger partial charge on any atom is 0.257 e. The van der Waals surface area contributed by atoms with Gasteiger partial charge < -0.3 is 15.5 Å². The van der Waals surface area contributed by atoms with E-state index in [2.05, 4.69) is 20.7 Å². The van der Waals surface area contributed by atoms with Crippen LogP contribution >= 0.6 is 0 Å². The highest BCUT2D eigenvalue weighted by atomic mass is 16.2. The average molecular weight is 376 g/mol. The van der Waals surface area contributed by atoms with E-state index in [-0.39, 0.29) is 11.8 Å². The molecule has 1 aromatic carbocycles. The van der Waals surface area contributed by atoms with Crippen LogP contribution in [0.1, 0.15) is 28.9 Å². The highest BCUT2D eigenvalue weighted by Gasteiger charge is 2.45.